The lowest BCUT2D eigenvalue weighted by molar-refractivity contribution is 0.102. The molecule has 0 bridgehead atoms. The summed E-state index contributed by atoms with van der Waals surface area (Å²) >= 11 is 6.98. The van der Waals surface area contributed by atoms with Crippen molar-refractivity contribution in [3.8, 4) is 5.69 Å². The Morgan fingerprint density at radius 2 is 1.77 bits per heavy atom. The topological polar surface area (TPSA) is 52.0 Å². The lowest BCUT2D eigenvalue weighted by atomic mass is 10.1. The molecular formula is C20H17ClN2O2S. The molecule has 3 aromatic rings. The summed E-state index contributed by atoms with van der Waals surface area (Å²) in [6.07, 6.45) is 3.22. The van der Waals surface area contributed by atoms with E-state index in [0.717, 1.165) is 28.6 Å². The molecule has 26 heavy (non-hydrogen) atoms. The first-order chi connectivity index (χ1) is 12.4. The van der Waals surface area contributed by atoms with Crippen LogP contribution in [0.4, 0.5) is 0 Å². The van der Waals surface area contributed by atoms with Crippen LogP contribution in [0.2, 0.25) is 5.02 Å². The third-order valence-corrected chi connectivity index (χ3v) is 5.01. The van der Waals surface area contributed by atoms with Gasteiger partial charge in [0.25, 0.3) is 5.56 Å². The van der Waals surface area contributed by atoms with Crippen LogP contribution in [0.3, 0.4) is 0 Å². The predicted molar refractivity (Wildman–Crippen MR) is 106 cm³/mol. The van der Waals surface area contributed by atoms with E-state index in [1.165, 1.54) is 0 Å². The van der Waals surface area contributed by atoms with Gasteiger partial charge in [0.1, 0.15) is 0 Å². The molecule has 0 aliphatic rings. The monoisotopic (exact) mass is 384 g/mol. The Bertz CT molecular complexity index is 993. The normalized spacial score (nSPS) is 10.7. The molecule has 0 aliphatic carbocycles. The zero-order chi connectivity index (χ0) is 18.7. The standard InChI is InChI=1S/C20H17ClN2O2S/c1-13-9-14(2)11-17(10-13)23-8-7-22-19(20(23)25)26-12-18(24)15-3-5-16(21)6-4-15/h3-11H,12H2,1-2H3. The average Bonchev–Trinajstić information content (AvgIpc) is 2.60. The number of aromatic nitrogens is 2. The number of carbonyl (C=O) groups excluding carboxylic acids is 1. The SMILES string of the molecule is Cc1cc(C)cc(-n2ccnc(SCC(=O)c3ccc(Cl)cc3)c2=O)c1. The van der Waals surface area contributed by atoms with E-state index in [1.807, 2.05) is 26.0 Å². The number of halogens is 1. The number of ketones is 1. The number of benzene rings is 2. The quantitative estimate of drug-likeness (QED) is 0.480. The van der Waals surface area contributed by atoms with Crippen LogP contribution in [-0.4, -0.2) is 21.1 Å². The minimum Gasteiger partial charge on any atom is -0.293 e. The van der Waals surface area contributed by atoms with Gasteiger partial charge in [0.2, 0.25) is 0 Å². The Balaban J connectivity index is 1.82. The highest BCUT2D eigenvalue weighted by atomic mass is 35.5. The Kier molecular flexibility index (Phi) is 5.59. The summed E-state index contributed by atoms with van der Waals surface area (Å²) in [6.45, 7) is 3.98. The van der Waals surface area contributed by atoms with Crippen molar-refractivity contribution in [2.75, 3.05) is 5.75 Å². The van der Waals surface area contributed by atoms with Crippen LogP contribution >= 0.6 is 23.4 Å². The zero-order valence-electron chi connectivity index (χ0n) is 14.4. The fourth-order valence-electron chi connectivity index (χ4n) is 2.64. The molecule has 0 fully saturated rings. The van der Waals surface area contributed by atoms with Gasteiger partial charge in [0.05, 0.1) is 5.75 Å². The van der Waals surface area contributed by atoms with Crippen molar-refractivity contribution in [1.29, 1.82) is 0 Å². The van der Waals surface area contributed by atoms with Crippen molar-refractivity contribution < 1.29 is 4.79 Å². The smallest absolute Gasteiger partial charge is 0.287 e. The maximum Gasteiger partial charge on any atom is 0.287 e. The van der Waals surface area contributed by atoms with Gasteiger partial charge in [-0.1, -0.05) is 29.4 Å². The third-order valence-electron chi connectivity index (χ3n) is 3.80. The second kappa shape index (κ2) is 7.89. The zero-order valence-corrected chi connectivity index (χ0v) is 16.0. The van der Waals surface area contributed by atoms with Crippen LogP contribution in [0.1, 0.15) is 21.5 Å². The van der Waals surface area contributed by atoms with Crippen LogP contribution in [-0.2, 0) is 0 Å². The number of hydrogen-bond donors (Lipinski definition) is 0. The van der Waals surface area contributed by atoms with E-state index in [1.54, 1.807) is 41.2 Å². The van der Waals surface area contributed by atoms with E-state index in [4.69, 9.17) is 11.6 Å². The fraction of sp³-hybridized carbons (Fsp3) is 0.150. The van der Waals surface area contributed by atoms with Gasteiger partial charge in [-0.2, -0.15) is 0 Å². The Hall–Kier alpha value is -2.37. The maximum absolute atomic E-state index is 12.7. The Labute approximate surface area is 160 Å². The summed E-state index contributed by atoms with van der Waals surface area (Å²) in [5.74, 6) is 0.0652. The summed E-state index contributed by atoms with van der Waals surface area (Å²) in [4.78, 5) is 29.2. The molecule has 6 heteroatoms. The largest absolute Gasteiger partial charge is 0.293 e. The van der Waals surface area contributed by atoms with Crippen molar-refractivity contribution in [1.82, 2.24) is 9.55 Å². The van der Waals surface area contributed by atoms with Crippen molar-refractivity contribution in [2.45, 2.75) is 18.9 Å². The molecule has 0 aliphatic heterocycles. The first-order valence-electron chi connectivity index (χ1n) is 8.02. The summed E-state index contributed by atoms with van der Waals surface area (Å²) in [5, 5.41) is 0.879. The summed E-state index contributed by atoms with van der Waals surface area (Å²) in [7, 11) is 0. The number of Topliss-reactive ketones (excluding diaryl/α,β-unsaturated/α-hetero) is 1. The Morgan fingerprint density at radius 3 is 2.42 bits per heavy atom. The van der Waals surface area contributed by atoms with Gasteiger partial charge >= 0.3 is 0 Å². The van der Waals surface area contributed by atoms with Gasteiger partial charge in [-0.05, 0) is 61.4 Å². The van der Waals surface area contributed by atoms with E-state index in [2.05, 4.69) is 11.1 Å². The average molecular weight is 385 g/mol. The van der Waals surface area contributed by atoms with Crippen molar-refractivity contribution in [2.24, 2.45) is 0 Å². The van der Waals surface area contributed by atoms with Crippen LogP contribution in [0.25, 0.3) is 5.69 Å². The molecule has 0 saturated carbocycles. The van der Waals surface area contributed by atoms with E-state index >= 15 is 0 Å². The molecular weight excluding hydrogens is 368 g/mol. The van der Waals surface area contributed by atoms with E-state index in [-0.39, 0.29) is 17.1 Å². The van der Waals surface area contributed by atoms with Gasteiger partial charge < -0.3 is 0 Å². The third kappa shape index (κ3) is 4.23. The first-order valence-corrected chi connectivity index (χ1v) is 9.38. The minimum absolute atomic E-state index is 0.0744. The molecule has 0 saturated heterocycles. The van der Waals surface area contributed by atoms with Gasteiger partial charge in [-0.3, -0.25) is 14.2 Å². The van der Waals surface area contributed by atoms with Crippen molar-refractivity contribution in [3.63, 3.8) is 0 Å². The molecule has 3 rings (SSSR count). The van der Waals surface area contributed by atoms with E-state index in [0.29, 0.717) is 15.6 Å². The minimum atomic E-state index is -0.230. The summed E-state index contributed by atoms with van der Waals surface area (Å²) in [6, 6.07) is 12.6. The number of hydrogen-bond acceptors (Lipinski definition) is 4. The summed E-state index contributed by atoms with van der Waals surface area (Å²) in [5.41, 5.74) is 3.28. The van der Waals surface area contributed by atoms with Gasteiger partial charge in [-0.25, -0.2) is 4.98 Å². The highest BCUT2D eigenvalue weighted by molar-refractivity contribution is 7.99. The lowest BCUT2D eigenvalue weighted by Gasteiger charge is -2.09. The number of rotatable bonds is 5. The van der Waals surface area contributed by atoms with Crippen LogP contribution in [0, 0.1) is 13.8 Å². The van der Waals surface area contributed by atoms with Crippen molar-refractivity contribution in [3.05, 3.63) is 86.9 Å². The van der Waals surface area contributed by atoms with Crippen molar-refractivity contribution >= 4 is 29.1 Å². The van der Waals surface area contributed by atoms with Crippen LogP contribution in [0.5, 0.6) is 0 Å². The van der Waals surface area contributed by atoms with Crippen LogP contribution < -0.4 is 5.56 Å². The van der Waals surface area contributed by atoms with Gasteiger partial charge in [-0.15, -0.1) is 0 Å². The molecule has 1 heterocycles. The fourth-order valence-corrected chi connectivity index (χ4v) is 3.56. The molecule has 0 radical (unpaired) electrons. The predicted octanol–water partition coefficient (Wildman–Crippen LogP) is 4.48. The molecule has 2 aromatic carbocycles. The molecule has 132 valence electrons. The second-order valence-electron chi connectivity index (χ2n) is 5.97. The van der Waals surface area contributed by atoms with Gasteiger partial charge in [0, 0.05) is 28.7 Å². The molecule has 4 nitrogen and oxygen atoms in total. The summed E-state index contributed by atoms with van der Waals surface area (Å²) < 4.78 is 1.56. The number of thioether (sulfide) groups is 1. The van der Waals surface area contributed by atoms with E-state index in [9.17, 15) is 9.59 Å². The van der Waals surface area contributed by atoms with Gasteiger partial charge in [0.15, 0.2) is 10.8 Å². The second-order valence-corrected chi connectivity index (χ2v) is 7.37. The molecule has 0 spiro atoms. The molecule has 0 atom stereocenters. The molecule has 0 unspecified atom stereocenters. The van der Waals surface area contributed by atoms with E-state index < -0.39 is 0 Å². The highest BCUT2D eigenvalue weighted by Gasteiger charge is 2.12. The number of carbonyl (C=O) groups is 1. The highest BCUT2D eigenvalue weighted by Crippen LogP contribution is 2.17. The first kappa shape index (κ1) is 18.4. The molecule has 0 N–H and O–H groups in total. The maximum atomic E-state index is 12.7. The van der Waals surface area contributed by atoms with Crippen LogP contribution in [0.15, 0.2) is 64.7 Å². The number of aryl methyl sites for hydroxylation is 2. The molecule has 0 amide bonds. The number of nitrogens with zero attached hydrogens (tertiary/aromatic N) is 2. The molecule has 1 aromatic heterocycles. The lowest BCUT2D eigenvalue weighted by Crippen LogP contribution is -2.21. The Morgan fingerprint density at radius 1 is 1.12 bits per heavy atom.